The van der Waals surface area contributed by atoms with E-state index in [4.69, 9.17) is 21.1 Å². The van der Waals surface area contributed by atoms with Crippen molar-refractivity contribution in [2.24, 2.45) is 5.10 Å². The van der Waals surface area contributed by atoms with Gasteiger partial charge in [0.25, 0.3) is 0 Å². The molecule has 0 spiro atoms. The summed E-state index contributed by atoms with van der Waals surface area (Å²) in [6.45, 7) is 6.36. The van der Waals surface area contributed by atoms with E-state index < -0.39 is 0 Å². The van der Waals surface area contributed by atoms with E-state index in [9.17, 15) is 4.79 Å². The molecular formula is C16H16ClN6O3-. The van der Waals surface area contributed by atoms with Gasteiger partial charge in [-0.1, -0.05) is 11.6 Å². The van der Waals surface area contributed by atoms with Gasteiger partial charge in [-0.05, 0) is 44.5 Å². The molecule has 2 aromatic rings. The lowest BCUT2D eigenvalue weighted by molar-refractivity contribution is -0.114. The number of aromatic nitrogens is 4. The summed E-state index contributed by atoms with van der Waals surface area (Å²) >= 11 is 6.32. The smallest absolute Gasteiger partial charge is 0.239 e. The molecule has 10 heteroatoms. The minimum absolute atomic E-state index is 0.0254. The third-order valence-electron chi connectivity index (χ3n) is 3.49. The van der Waals surface area contributed by atoms with Crippen molar-refractivity contribution in [2.75, 3.05) is 18.2 Å². The molecule has 0 saturated heterocycles. The Labute approximate surface area is 154 Å². The fraction of sp³-hybridized carbons (Fsp3) is 0.312. The van der Waals surface area contributed by atoms with Gasteiger partial charge in [-0.15, -0.1) is 5.21 Å². The highest BCUT2D eigenvalue weighted by Crippen LogP contribution is 2.37. The Kier molecular flexibility index (Phi) is 5.17. The van der Waals surface area contributed by atoms with Crippen LogP contribution in [0.25, 0.3) is 6.08 Å². The number of rotatable bonds is 6. The van der Waals surface area contributed by atoms with Crippen molar-refractivity contribution in [3.05, 3.63) is 28.3 Å². The maximum atomic E-state index is 12.6. The second-order valence-electron chi connectivity index (χ2n) is 5.24. The minimum atomic E-state index is -0.375. The molecule has 0 bridgehead atoms. The summed E-state index contributed by atoms with van der Waals surface area (Å²) in [5.74, 6) is 0.640. The molecular weight excluding hydrogens is 360 g/mol. The first-order chi connectivity index (χ1) is 12.5. The van der Waals surface area contributed by atoms with Gasteiger partial charge >= 0.3 is 0 Å². The predicted octanol–water partition coefficient (Wildman–Crippen LogP) is 2.09. The number of benzene rings is 1. The molecule has 1 aromatic carbocycles. The van der Waals surface area contributed by atoms with E-state index in [0.29, 0.717) is 46.6 Å². The van der Waals surface area contributed by atoms with E-state index >= 15 is 0 Å². The Bertz CT molecular complexity index is 878. The van der Waals surface area contributed by atoms with Crippen molar-refractivity contribution in [3.63, 3.8) is 0 Å². The first kappa shape index (κ1) is 17.9. The molecule has 0 aliphatic carbocycles. The van der Waals surface area contributed by atoms with Crippen molar-refractivity contribution in [1.82, 2.24) is 20.6 Å². The number of nitrogens with zero attached hydrogens (tertiary/aromatic N) is 6. The van der Waals surface area contributed by atoms with Crippen molar-refractivity contribution in [3.8, 4) is 11.5 Å². The maximum absolute atomic E-state index is 12.6. The highest BCUT2D eigenvalue weighted by Gasteiger charge is 2.26. The molecule has 9 nitrogen and oxygen atoms in total. The zero-order chi connectivity index (χ0) is 18.7. The van der Waals surface area contributed by atoms with Gasteiger partial charge in [0.15, 0.2) is 11.5 Å². The Balaban J connectivity index is 1.97. The molecule has 0 saturated carbocycles. The maximum Gasteiger partial charge on any atom is 0.239 e. The van der Waals surface area contributed by atoms with Gasteiger partial charge < -0.3 is 9.47 Å². The number of halogens is 1. The van der Waals surface area contributed by atoms with Crippen molar-refractivity contribution >= 4 is 35.2 Å². The second kappa shape index (κ2) is 7.52. The summed E-state index contributed by atoms with van der Waals surface area (Å²) in [6.07, 6.45) is 1.68. The molecule has 2 heterocycles. The van der Waals surface area contributed by atoms with Crippen LogP contribution in [0.3, 0.4) is 0 Å². The van der Waals surface area contributed by atoms with Crippen molar-refractivity contribution in [1.29, 1.82) is 0 Å². The van der Waals surface area contributed by atoms with Gasteiger partial charge in [0.05, 0.1) is 29.5 Å². The molecule has 1 amide bonds. The highest BCUT2D eigenvalue weighted by molar-refractivity contribution is 6.33. The predicted molar refractivity (Wildman–Crippen MR) is 95.5 cm³/mol. The summed E-state index contributed by atoms with van der Waals surface area (Å²) < 4.78 is 11.2. The zero-order valence-corrected chi connectivity index (χ0v) is 15.2. The molecule has 136 valence electrons. The first-order valence-electron chi connectivity index (χ1n) is 7.94. The number of carbonyl (C=O) groups excluding carboxylic acids is 1. The summed E-state index contributed by atoms with van der Waals surface area (Å²) in [7, 11) is 0. The lowest BCUT2D eigenvalue weighted by Gasteiger charge is -2.14. The molecule has 0 fully saturated rings. The van der Waals surface area contributed by atoms with Gasteiger partial charge in [0.2, 0.25) is 5.91 Å². The van der Waals surface area contributed by atoms with Gasteiger partial charge in [-0.25, -0.2) is 15.2 Å². The van der Waals surface area contributed by atoms with Crippen LogP contribution in [0, 0.1) is 0 Å². The highest BCUT2D eigenvalue weighted by atomic mass is 35.5. The molecule has 1 aliphatic heterocycles. The SMILES string of the molecule is CCOc1cc(/C=C2/C(=O)N(c3nnn[n-]3)N=C2C)cc(Cl)c1OCC. The average molecular weight is 376 g/mol. The van der Waals surface area contributed by atoms with E-state index in [0.717, 1.165) is 5.01 Å². The van der Waals surface area contributed by atoms with Crippen LogP contribution in [0.2, 0.25) is 5.02 Å². The molecule has 1 aromatic heterocycles. The Hall–Kier alpha value is -2.94. The van der Waals surface area contributed by atoms with Gasteiger partial charge in [-0.2, -0.15) is 5.21 Å². The Morgan fingerprint density at radius 3 is 2.69 bits per heavy atom. The van der Waals surface area contributed by atoms with Crippen LogP contribution in [0.4, 0.5) is 5.95 Å². The standard InChI is InChI=1S/C16H16ClN6O3/c1-4-25-13-8-10(7-12(17)14(13)26-5-2)6-11-9(3)20-23(15(11)24)16-18-21-22-19-16/h6-8H,4-5H2,1-3H3/q-1/b11-6+. The molecule has 0 radical (unpaired) electrons. The lowest BCUT2D eigenvalue weighted by atomic mass is 10.1. The number of amides is 1. The molecule has 0 N–H and O–H groups in total. The van der Waals surface area contributed by atoms with Gasteiger partial charge in [0.1, 0.15) is 5.95 Å². The number of tetrazole rings is 1. The summed E-state index contributed by atoms with van der Waals surface area (Å²) in [6, 6.07) is 3.46. The number of hydrogen-bond donors (Lipinski definition) is 0. The van der Waals surface area contributed by atoms with Crippen LogP contribution >= 0.6 is 11.6 Å². The fourth-order valence-corrected chi connectivity index (χ4v) is 2.70. The second-order valence-corrected chi connectivity index (χ2v) is 5.64. The lowest BCUT2D eigenvalue weighted by Crippen LogP contribution is -2.23. The van der Waals surface area contributed by atoms with Crippen LogP contribution in [0.15, 0.2) is 22.8 Å². The molecule has 26 heavy (non-hydrogen) atoms. The van der Waals surface area contributed by atoms with Gasteiger partial charge in [-0.3, -0.25) is 9.89 Å². The van der Waals surface area contributed by atoms with Crippen LogP contribution in [-0.4, -0.2) is 40.4 Å². The van der Waals surface area contributed by atoms with E-state index in [2.05, 4.69) is 25.7 Å². The Morgan fingerprint density at radius 1 is 1.27 bits per heavy atom. The Morgan fingerprint density at radius 2 is 2.04 bits per heavy atom. The monoisotopic (exact) mass is 375 g/mol. The van der Waals surface area contributed by atoms with Crippen molar-refractivity contribution in [2.45, 2.75) is 20.8 Å². The number of hydrogen-bond acceptors (Lipinski definition) is 7. The van der Waals surface area contributed by atoms with Crippen LogP contribution in [0.5, 0.6) is 11.5 Å². The molecule has 3 rings (SSSR count). The van der Waals surface area contributed by atoms with Crippen LogP contribution < -0.4 is 19.6 Å². The van der Waals surface area contributed by atoms with Crippen LogP contribution in [0.1, 0.15) is 26.3 Å². The normalized spacial score (nSPS) is 15.5. The fourth-order valence-electron chi connectivity index (χ4n) is 2.43. The number of anilines is 1. The van der Waals surface area contributed by atoms with Crippen LogP contribution in [-0.2, 0) is 4.79 Å². The summed E-state index contributed by atoms with van der Waals surface area (Å²) in [4.78, 5) is 12.6. The number of hydrazone groups is 1. The number of ether oxygens (including phenoxy) is 2. The third-order valence-corrected chi connectivity index (χ3v) is 3.77. The molecule has 0 atom stereocenters. The third kappa shape index (κ3) is 3.38. The quantitative estimate of drug-likeness (QED) is 0.712. The zero-order valence-electron chi connectivity index (χ0n) is 14.4. The number of carbonyl (C=O) groups is 1. The first-order valence-corrected chi connectivity index (χ1v) is 8.32. The van der Waals surface area contributed by atoms with E-state index in [-0.39, 0.29) is 11.9 Å². The average Bonchev–Trinajstić information content (AvgIpc) is 3.22. The summed E-state index contributed by atoms with van der Waals surface area (Å²) in [5.41, 5.74) is 1.58. The van der Waals surface area contributed by atoms with Crippen molar-refractivity contribution < 1.29 is 14.3 Å². The largest absolute Gasteiger partial charge is 0.490 e. The van der Waals surface area contributed by atoms with E-state index in [1.54, 1.807) is 25.1 Å². The molecule has 0 unspecified atom stereocenters. The van der Waals surface area contributed by atoms with Gasteiger partial charge in [0, 0.05) is 0 Å². The van der Waals surface area contributed by atoms with E-state index in [1.807, 2.05) is 13.8 Å². The van der Waals surface area contributed by atoms with E-state index in [1.165, 1.54) is 0 Å². The minimum Gasteiger partial charge on any atom is -0.490 e. The topological polar surface area (TPSA) is 104 Å². The summed E-state index contributed by atoms with van der Waals surface area (Å²) in [5, 5.41) is 19.6. The molecule has 1 aliphatic rings.